The lowest BCUT2D eigenvalue weighted by Crippen LogP contribution is -2.27. The van der Waals surface area contributed by atoms with E-state index in [0.29, 0.717) is 28.7 Å². The van der Waals surface area contributed by atoms with E-state index in [2.05, 4.69) is 15.0 Å². The summed E-state index contributed by atoms with van der Waals surface area (Å²) in [5.74, 6) is 0.415. The number of aromatic nitrogens is 2. The van der Waals surface area contributed by atoms with E-state index < -0.39 is 5.60 Å². The van der Waals surface area contributed by atoms with Crippen LogP contribution in [0.5, 0.6) is 0 Å². The third kappa shape index (κ3) is 6.94. The number of aliphatic imine (C=N–C) groups is 1. The number of nitrogens with zero attached hydrogens (tertiary/aromatic N) is 4. The second-order valence-electron chi connectivity index (χ2n) is 8.26. The number of ether oxygens (including phenoxy) is 1. The monoisotopic (exact) mass is 496 g/mol. The van der Waals surface area contributed by atoms with Crippen LogP contribution in [0.1, 0.15) is 39.1 Å². The van der Waals surface area contributed by atoms with Gasteiger partial charge in [-0.05, 0) is 63.6 Å². The van der Waals surface area contributed by atoms with E-state index >= 15 is 0 Å². The molecule has 35 heavy (non-hydrogen) atoms. The van der Waals surface area contributed by atoms with Gasteiger partial charge in [-0.25, -0.2) is 14.4 Å². The third-order valence-corrected chi connectivity index (χ3v) is 5.09. The molecule has 7 nitrogen and oxygen atoms in total. The van der Waals surface area contributed by atoms with E-state index in [9.17, 15) is 14.3 Å². The Kier molecular flexibility index (Phi) is 8.32. The minimum Gasteiger partial charge on any atom is -0.472 e. The van der Waals surface area contributed by atoms with Crippen molar-refractivity contribution >= 4 is 29.5 Å². The van der Waals surface area contributed by atoms with Gasteiger partial charge in [-0.1, -0.05) is 35.9 Å². The minimum atomic E-state index is -1.19. The summed E-state index contributed by atoms with van der Waals surface area (Å²) in [5, 5.41) is 10.5. The van der Waals surface area contributed by atoms with Crippen LogP contribution in [0.15, 0.2) is 76.7 Å². The van der Waals surface area contributed by atoms with Crippen LogP contribution < -0.4 is 4.90 Å². The average Bonchev–Trinajstić information content (AvgIpc) is 2.83. The van der Waals surface area contributed by atoms with Crippen LogP contribution >= 0.6 is 11.6 Å². The highest BCUT2D eigenvalue weighted by Crippen LogP contribution is 2.25. The molecule has 2 aromatic carbocycles. The van der Waals surface area contributed by atoms with Gasteiger partial charge in [-0.2, -0.15) is 4.99 Å². The standard InChI is InChI=1S/C26H26ClFN4O3/c1-17(27)24(35-15-19-8-10-21(28)11-9-19)30-18(2)32(16-33)22-7-5-6-20(14-22)23-12-13-29-25(31-23)26(3,4)34/h5-14,16,34H,15H2,1-4H3/b24-17-,30-18-. The predicted octanol–water partition coefficient (Wildman–Crippen LogP) is 5.54. The molecule has 3 aromatic rings. The summed E-state index contributed by atoms with van der Waals surface area (Å²) >= 11 is 6.18. The molecule has 0 radical (unpaired) electrons. The first-order valence-electron chi connectivity index (χ1n) is 10.8. The van der Waals surface area contributed by atoms with Crippen LogP contribution in [0.3, 0.4) is 0 Å². The third-order valence-electron chi connectivity index (χ3n) is 4.92. The van der Waals surface area contributed by atoms with Crippen molar-refractivity contribution in [1.82, 2.24) is 9.97 Å². The number of amidine groups is 1. The number of carbonyl (C=O) groups excluding carboxylic acids is 1. The fourth-order valence-electron chi connectivity index (χ4n) is 3.10. The molecule has 0 aliphatic rings. The van der Waals surface area contributed by atoms with Crippen LogP contribution in [-0.4, -0.2) is 27.3 Å². The van der Waals surface area contributed by atoms with Gasteiger partial charge >= 0.3 is 0 Å². The van der Waals surface area contributed by atoms with Crippen LogP contribution in [0.25, 0.3) is 11.3 Å². The fourth-order valence-corrected chi connectivity index (χ4v) is 3.19. The van der Waals surface area contributed by atoms with Gasteiger partial charge in [-0.3, -0.25) is 9.69 Å². The van der Waals surface area contributed by atoms with Gasteiger partial charge in [0, 0.05) is 11.8 Å². The van der Waals surface area contributed by atoms with E-state index in [0.717, 1.165) is 11.1 Å². The van der Waals surface area contributed by atoms with Gasteiger partial charge in [0.25, 0.3) is 0 Å². The van der Waals surface area contributed by atoms with Crippen molar-refractivity contribution in [2.45, 2.75) is 39.9 Å². The van der Waals surface area contributed by atoms with Gasteiger partial charge in [0.15, 0.2) is 5.82 Å². The molecule has 3 rings (SSSR count). The Balaban J connectivity index is 1.86. The molecule has 0 aliphatic carbocycles. The first kappa shape index (κ1) is 26.0. The Morgan fingerprint density at radius 2 is 1.91 bits per heavy atom. The largest absolute Gasteiger partial charge is 0.472 e. The number of halogens is 2. The molecule has 1 heterocycles. The highest BCUT2D eigenvalue weighted by Gasteiger charge is 2.20. The zero-order valence-corrected chi connectivity index (χ0v) is 20.6. The molecule has 1 aromatic heterocycles. The van der Waals surface area contributed by atoms with Crippen molar-refractivity contribution in [2.24, 2.45) is 4.99 Å². The van der Waals surface area contributed by atoms with Gasteiger partial charge in [0.2, 0.25) is 12.3 Å². The number of hydrogen-bond donors (Lipinski definition) is 1. The molecule has 182 valence electrons. The molecule has 9 heteroatoms. The molecule has 0 aliphatic heterocycles. The summed E-state index contributed by atoms with van der Waals surface area (Å²) < 4.78 is 18.9. The maximum absolute atomic E-state index is 13.1. The molecule has 0 saturated carbocycles. The Labute approximate surface area is 208 Å². The maximum atomic E-state index is 13.1. The summed E-state index contributed by atoms with van der Waals surface area (Å²) in [6.07, 6.45) is 2.21. The summed E-state index contributed by atoms with van der Waals surface area (Å²) in [6.45, 7) is 6.63. The van der Waals surface area contributed by atoms with Crippen molar-refractivity contribution in [3.8, 4) is 11.3 Å². The van der Waals surface area contributed by atoms with E-state index in [-0.39, 0.29) is 24.1 Å². The van der Waals surface area contributed by atoms with Gasteiger partial charge in [0.1, 0.15) is 23.9 Å². The van der Waals surface area contributed by atoms with Crippen molar-refractivity contribution < 1.29 is 19.0 Å². The Morgan fingerprint density at radius 1 is 1.20 bits per heavy atom. The lowest BCUT2D eigenvalue weighted by molar-refractivity contribution is -0.106. The first-order valence-corrected chi connectivity index (χ1v) is 11.2. The van der Waals surface area contributed by atoms with Gasteiger partial charge in [-0.15, -0.1) is 0 Å². The van der Waals surface area contributed by atoms with Crippen molar-refractivity contribution in [3.05, 3.63) is 88.9 Å². The van der Waals surface area contributed by atoms with E-state index in [1.165, 1.54) is 17.0 Å². The van der Waals surface area contributed by atoms with E-state index in [1.54, 1.807) is 70.3 Å². The van der Waals surface area contributed by atoms with Crippen LogP contribution in [0.4, 0.5) is 10.1 Å². The van der Waals surface area contributed by atoms with E-state index in [4.69, 9.17) is 16.3 Å². The molecule has 0 bridgehead atoms. The summed E-state index contributed by atoms with van der Waals surface area (Å²) in [6, 6.07) is 14.8. The minimum absolute atomic E-state index is 0.129. The lowest BCUT2D eigenvalue weighted by atomic mass is 10.1. The average molecular weight is 497 g/mol. The Morgan fingerprint density at radius 3 is 2.54 bits per heavy atom. The number of hydrogen-bond acceptors (Lipinski definition) is 6. The predicted molar refractivity (Wildman–Crippen MR) is 134 cm³/mol. The zero-order chi connectivity index (χ0) is 25.6. The second-order valence-corrected chi connectivity index (χ2v) is 8.83. The molecular formula is C26H26ClFN4O3. The second kappa shape index (κ2) is 11.2. The highest BCUT2D eigenvalue weighted by molar-refractivity contribution is 6.29. The fraction of sp³-hybridized carbons (Fsp3) is 0.231. The van der Waals surface area contributed by atoms with Crippen molar-refractivity contribution in [1.29, 1.82) is 0 Å². The molecule has 0 saturated heterocycles. The zero-order valence-electron chi connectivity index (χ0n) is 19.9. The van der Waals surface area contributed by atoms with Crippen LogP contribution in [0, 0.1) is 5.82 Å². The van der Waals surface area contributed by atoms with Gasteiger partial charge < -0.3 is 9.84 Å². The summed E-state index contributed by atoms with van der Waals surface area (Å²) in [4.78, 5) is 26.3. The summed E-state index contributed by atoms with van der Waals surface area (Å²) in [5.41, 5.74) is 1.42. The number of amides is 1. The number of allylic oxidation sites excluding steroid dienone is 1. The van der Waals surface area contributed by atoms with Gasteiger partial charge in [0.05, 0.1) is 16.4 Å². The van der Waals surface area contributed by atoms with E-state index in [1.807, 2.05) is 6.07 Å². The SMILES string of the molecule is C/C(=N/C(OCc1ccc(F)cc1)=C(\C)Cl)N(C=O)c1cccc(-c2ccnc(C(C)(C)O)n2)c1. The molecule has 1 N–H and O–H groups in total. The normalized spacial score (nSPS) is 12.7. The van der Waals surface area contributed by atoms with Crippen molar-refractivity contribution in [3.63, 3.8) is 0 Å². The topological polar surface area (TPSA) is 87.9 Å². The Hall–Kier alpha value is -3.62. The molecule has 1 amide bonds. The summed E-state index contributed by atoms with van der Waals surface area (Å²) in [7, 11) is 0. The molecule has 0 spiro atoms. The molecule has 0 atom stereocenters. The maximum Gasteiger partial charge on any atom is 0.230 e. The van der Waals surface area contributed by atoms with Crippen molar-refractivity contribution in [2.75, 3.05) is 4.90 Å². The highest BCUT2D eigenvalue weighted by atomic mass is 35.5. The molecule has 0 unspecified atom stereocenters. The smallest absolute Gasteiger partial charge is 0.230 e. The molecular weight excluding hydrogens is 471 g/mol. The first-order chi connectivity index (χ1) is 16.6. The number of anilines is 1. The van der Waals surface area contributed by atoms with Crippen LogP contribution in [0.2, 0.25) is 0 Å². The number of benzene rings is 2. The number of aliphatic hydroxyl groups is 1. The quantitative estimate of drug-likeness (QED) is 0.191. The Bertz CT molecular complexity index is 1250. The number of carbonyl (C=O) groups is 1. The number of rotatable bonds is 8. The molecule has 0 fully saturated rings. The van der Waals surface area contributed by atoms with Crippen LogP contribution in [-0.2, 0) is 21.7 Å². The lowest BCUT2D eigenvalue weighted by Gasteiger charge is -2.19.